The van der Waals surface area contributed by atoms with E-state index in [4.69, 9.17) is 14.2 Å². The van der Waals surface area contributed by atoms with E-state index in [0.29, 0.717) is 19.3 Å². The molecule has 0 aromatic carbocycles. The summed E-state index contributed by atoms with van der Waals surface area (Å²) >= 11 is 0. The number of carbonyl (C=O) groups excluding carboxylic acids is 3. The zero-order valence-corrected chi connectivity index (χ0v) is 44.3. The predicted octanol–water partition coefficient (Wildman–Crippen LogP) is 18.9. The van der Waals surface area contributed by atoms with Gasteiger partial charge in [0.05, 0.1) is 0 Å². The molecule has 0 aliphatic rings. The normalized spacial score (nSPS) is 12.8. The van der Waals surface area contributed by atoms with Crippen molar-refractivity contribution < 1.29 is 28.6 Å². The maximum absolute atomic E-state index is 12.8. The van der Waals surface area contributed by atoms with Crippen LogP contribution in [-0.4, -0.2) is 37.2 Å². The number of carbonyl (C=O) groups is 3. The molecule has 388 valence electrons. The molecule has 0 radical (unpaired) electrons. The van der Waals surface area contributed by atoms with Crippen molar-refractivity contribution in [3.8, 4) is 0 Å². The first-order valence-electron chi connectivity index (χ1n) is 28.2. The quantitative estimate of drug-likeness (QED) is 0.0262. The average molecular weight is 946 g/mol. The molecule has 1 unspecified atom stereocenters. The summed E-state index contributed by atoms with van der Waals surface area (Å²) in [5, 5.41) is 0. The zero-order chi connectivity index (χ0) is 49.3. The summed E-state index contributed by atoms with van der Waals surface area (Å²) in [6.07, 6.45) is 74.1. The van der Waals surface area contributed by atoms with E-state index in [9.17, 15) is 14.4 Å². The summed E-state index contributed by atoms with van der Waals surface area (Å²) in [5.41, 5.74) is 0. The molecular formula is C62H104O6. The molecular weight excluding hydrogens is 841 g/mol. The Labute approximate surface area is 419 Å². The van der Waals surface area contributed by atoms with E-state index in [0.717, 1.165) is 103 Å². The van der Waals surface area contributed by atoms with E-state index in [1.54, 1.807) is 0 Å². The first kappa shape index (κ1) is 64.3. The molecule has 0 N–H and O–H groups in total. The molecule has 1 atom stereocenters. The number of esters is 3. The lowest BCUT2D eigenvalue weighted by molar-refractivity contribution is -0.166. The van der Waals surface area contributed by atoms with Gasteiger partial charge in [-0.2, -0.15) is 0 Å². The van der Waals surface area contributed by atoms with E-state index >= 15 is 0 Å². The minimum atomic E-state index is -0.819. The van der Waals surface area contributed by atoms with Crippen molar-refractivity contribution in [3.63, 3.8) is 0 Å². The first-order valence-corrected chi connectivity index (χ1v) is 28.2. The molecule has 0 aromatic heterocycles. The third-order valence-corrected chi connectivity index (χ3v) is 11.8. The Balaban J connectivity index is 4.50. The van der Waals surface area contributed by atoms with Gasteiger partial charge in [-0.3, -0.25) is 14.4 Å². The highest BCUT2D eigenvalue weighted by Crippen LogP contribution is 2.14. The summed E-state index contributed by atoms with van der Waals surface area (Å²) in [7, 11) is 0. The van der Waals surface area contributed by atoms with Crippen molar-refractivity contribution in [1.29, 1.82) is 0 Å². The Hall–Kier alpha value is -3.67. The van der Waals surface area contributed by atoms with E-state index in [1.807, 2.05) is 6.08 Å². The molecule has 0 heterocycles. The fourth-order valence-electron chi connectivity index (χ4n) is 7.57. The van der Waals surface area contributed by atoms with Crippen molar-refractivity contribution >= 4 is 17.9 Å². The van der Waals surface area contributed by atoms with Crippen molar-refractivity contribution in [3.05, 3.63) is 97.2 Å². The van der Waals surface area contributed by atoms with Gasteiger partial charge in [-0.05, 0) is 109 Å². The van der Waals surface area contributed by atoms with Gasteiger partial charge in [0.25, 0.3) is 0 Å². The summed E-state index contributed by atoms with van der Waals surface area (Å²) < 4.78 is 16.8. The number of hydrogen-bond acceptors (Lipinski definition) is 6. The molecule has 0 rings (SSSR count). The Kier molecular flexibility index (Phi) is 52.9. The van der Waals surface area contributed by atoms with Crippen LogP contribution >= 0.6 is 0 Å². The average Bonchev–Trinajstić information content (AvgIpc) is 3.34. The predicted molar refractivity (Wildman–Crippen MR) is 293 cm³/mol. The van der Waals surface area contributed by atoms with Gasteiger partial charge in [0.1, 0.15) is 13.2 Å². The fraction of sp³-hybridized carbons (Fsp3) is 0.694. The van der Waals surface area contributed by atoms with Crippen LogP contribution in [0.5, 0.6) is 0 Å². The van der Waals surface area contributed by atoms with Crippen LogP contribution in [0.3, 0.4) is 0 Å². The molecule has 0 aliphatic carbocycles. The van der Waals surface area contributed by atoms with Crippen LogP contribution in [0, 0.1) is 0 Å². The van der Waals surface area contributed by atoms with Crippen LogP contribution in [0.2, 0.25) is 0 Å². The van der Waals surface area contributed by atoms with Crippen molar-refractivity contribution in [2.45, 2.75) is 264 Å². The maximum Gasteiger partial charge on any atom is 0.306 e. The highest BCUT2D eigenvalue weighted by molar-refractivity contribution is 5.71. The van der Waals surface area contributed by atoms with Gasteiger partial charge in [-0.1, -0.05) is 227 Å². The monoisotopic (exact) mass is 945 g/mol. The summed E-state index contributed by atoms with van der Waals surface area (Å²) in [5.74, 6) is -1.02. The number of allylic oxidation sites excluding steroid dienone is 16. The number of ether oxygens (including phenoxy) is 3. The van der Waals surface area contributed by atoms with Crippen LogP contribution in [0.4, 0.5) is 0 Å². The Morgan fingerprint density at radius 3 is 1.01 bits per heavy atom. The minimum absolute atomic E-state index is 0.116. The standard InChI is InChI=1S/C62H104O6/c1-4-7-10-13-16-19-22-25-27-29-31-33-34-37-40-43-46-49-52-55-61(64)67-58-59(57-66-60(63)54-51-48-45-42-39-36-24-21-18-15-12-9-6-3)68-62(65)56-53-50-47-44-41-38-35-32-30-28-26-23-20-17-14-11-8-5-2/h7,10,16,19,25,27,31-33,35-37,39-40,45,48,59H,4-6,8-9,11-15,17-18,20-24,26,28-30,34,38,41-44,46-47,49-58H2,1-3H3/b10-7+,19-16+,27-25+,33-31+,35-32+,39-36+,40-37+,48-45+. The van der Waals surface area contributed by atoms with Crippen molar-refractivity contribution in [2.75, 3.05) is 13.2 Å². The van der Waals surface area contributed by atoms with Crippen LogP contribution < -0.4 is 0 Å². The molecule has 68 heavy (non-hydrogen) atoms. The van der Waals surface area contributed by atoms with Crippen molar-refractivity contribution in [2.24, 2.45) is 0 Å². The summed E-state index contributed by atoms with van der Waals surface area (Å²) in [4.78, 5) is 38.1. The molecule has 0 saturated heterocycles. The summed E-state index contributed by atoms with van der Waals surface area (Å²) in [6.45, 7) is 6.43. The van der Waals surface area contributed by atoms with Crippen LogP contribution in [-0.2, 0) is 28.6 Å². The van der Waals surface area contributed by atoms with Gasteiger partial charge < -0.3 is 14.2 Å². The third-order valence-electron chi connectivity index (χ3n) is 11.8. The molecule has 0 amide bonds. The van der Waals surface area contributed by atoms with Crippen LogP contribution in [0.25, 0.3) is 0 Å². The van der Waals surface area contributed by atoms with E-state index < -0.39 is 6.10 Å². The maximum atomic E-state index is 12.8. The lowest BCUT2D eigenvalue weighted by Gasteiger charge is -2.18. The van der Waals surface area contributed by atoms with Crippen molar-refractivity contribution in [1.82, 2.24) is 0 Å². The molecule has 0 bridgehead atoms. The van der Waals surface area contributed by atoms with Gasteiger partial charge in [0, 0.05) is 19.3 Å². The Bertz CT molecular complexity index is 1360. The van der Waals surface area contributed by atoms with E-state index in [-0.39, 0.29) is 37.5 Å². The molecule has 0 spiro atoms. The SMILES string of the molecule is CC/C=C/C/C=C/C/C=C/C/C=C/C/C=C/CCCCCC(=O)OCC(COC(=O)CC/C=C/C/C=C/CCCCCCCC)OC(=O)CCCCCCC/C=C/CCCCCCCCCCC. The fourth-order valence-corrected chi connectivity index (χ4v) is 7.57. The molecule has 0 fully saturated rings. The topological polar surface area (TPSA) is 78.9 Å². The molecule has 6 nitrogen and oxygen atoms in total. The lowest BCUT2D eigenvalue weighted by Crippen LogP contribution is -2.30. The molecule has 0 aromatic rings. The van der Waals surface area contributed by atoms with Gasteiger partial charge in [0.2, 0.25) is 0 Å². The van der Waals surface area contributed by atoms with Gasteiger partial charge in [-0.15, -0.1) is 0 Å². The Morgan fingerprint density at radius 1 is 0.309 bits per heavy atom. The Morgan fingerprint density at radius 2 is 0.603 bits per heavy atom. The molecule has 0 aliphatic heterocycles. The highest BCUT2D eigenvalue weighted by Gasteiger charge is 2.19. The second kappa shape index (κ2) is 55.9. The van der Waals surface area contributed by atoms with E-state index in [2.05, 4.69) is 112 Å². The third kappa shape index (κ3) is 53.3. The largest absolute Gasteiger partial charge is 0.462 e. The number of hydrogen-bond donors (Lipinski definition) is 0. The van der Waals surface area contributed by atoms with Crippen LogP contribution in [0.1, 0.15) is 258 Å². The van der Waals surface area contributed by atoms with Gasteiger partial charge >= 0.3 is 17.9 Å². The number of unbranched alkanes of at least 4 members (excludes halogenated alkanes) is 23. The zero-order valence-electron chi connectivity index (χ0n) is 44.3. The highest BCUT2D eigenvalue weighted by atomic mass is 16.6. The second-order valence-electron chi connectivity index (χ2n) is 18.5. The first-order chi connectivity index (χ1) is 33.5. The second-order valence-corrected chi connectivity index (χ2v) is 18.5. The van der Waals surface area contributed by atoms with E-state index in [1.165, 1.54) is 109 Å². The number of rotatable bonds is 50. The lowest BCUT2D eigenvalue weighted by atomic mass is 10.1. The van der Waals surface area contributed by atoms with Gasteiger partial charge in [-0.25, -0.2) is 0 Å². The minimum Gasteiger partial charge on any atom is -0.462 e. The van der Waals surface area contributed by atoms with Gasteiger partial charge in [0.15, 0.2) is 6.10 Å². The smallest absolute Gasteiger partial charge is 0.306 e. The summed E-state index contributed by atoms with van der Waals surface area (Å²) in [6, 6.07) is 0. The van der Waals surface area contributed by atoms with Crippen LogP contribution in [0.15, 0.2) is 97.2 Å². The molecule has 0 saturated carbocycles. The molecule has 6 heteroatoms.